The second-order valence-corrected chi connectivity index (χ2v) is 12.8. The number of nitrogens with zero attached hydrogens (tertiary/aromatic N) is 1. The van der Waals surface area contributed by atoms with Gasteiger partial charge in [-0.1, -0.05) is 152 Å². The summed E-state index contributed by atoms with van der Waals surface area (Å²) in [6, 6.07) is 48.1. The van der Waals surface area contributed by atoms with Gasteiger partial charge in [-0.25, -0.2) is 5.06 Å². The van der Waals surface area contributed by atoms with Crippen molar-refractivity contribution in [3.8, 4) is 0 Å². The number of hydroxylamine groups is 2. The number of hydrogen-bond donors (Lipinski definition) is 1. The predicted octanol–water partition coefficient (Wildman–Crippen LogP) is 6.93. The van der Waals surface area contributed by atoms with E-state index in [1.165, 1.54) is 14.2 Å². The van der Waals surface area contributed by atoms with Gasteiger partial charge in [0.05, 0.1) is 53.4 Å². The van der Waals surface area contributed by atoms with Crippen molar-refractivity contribution in [3.63, 3.8) is 0 Å². The molecule has 1 amide bonds. The molecular weight excluding hydrogens is 670 g/mol. The number of rotatable bonds is 22. The van der Waals surface area contributed by atoms with E-state index in [1.807, 2.05) is 152 Å². The van der Waals surface area contributed by atoms with Crippen LogP contribution >= 0.6 is 0 Å². The van der Waals surface area contributed by atoms with Crippen molar-refractivity contribution in [1.29, 1.82) is 0 Å². The van der Waals surface area contributed by atoms with Gasteiger partial charge >= 0.3 is 0 Å². The molecular formula is C44H49NO8. The Kier molecular flexibility index (Phi) is 15.7. The highest BCUT2D eigenvalue weighted by atomic mass is 16.7. The van der Waals surface area contributed by atoms with Crippen molar-refractivity contribution < 1.29 is 38.4 Å². The first kappa shape index (κ1) is 39.5. The molecule has 5 aromatic carbocycles. The fourth-order valence-corrected chi connectivity index (χ4v) is 5.80. The maximum Gasteiger partial charge on any atom is 0.277 e. The van der Waals surface area contributed by atoms with Gasteiger partial charge in [0, 0.05) is 7.05 Å². The van der Waals surface area contributed by atoms with E-state index in [9.17, 15) is 9.90 Å². The molecule has 0 fully saturated rings. The van der Waals surface area contributed by atoms with E-state index in [0.717, 1.165) is 32.9 Å². The highest BCUT2D eigenvalue weighted by molar-refractivity contribution is 5.80. The second kappa shape index (κ2) is 21.1. The molecule has 9 nitrogen and oxygen atoms in total. The molecule has 0 aliphatic heterocycles. The third kappa shape index (κ3) is 12.4. The van der Waals surface area contributed by atoms with Gasteiger partial charge in [0.15, 0.2) is 6.10 Å². The molecule has 3 atom stereocenters. The maximum atomic E-state index is 14.2. The van der Waals surface area contributed by atoms with Crippen molar-refractivity contribution >= 4 is 5.91 Å². The van der Waals surface area contributed by atoms with Crippen LogP contribution in [-0.2, 0) is 66.4 Å². The van der Waals surface area contributed by atoms with Gasteiger partial charge in [-0.15, -0.1) is 0 Å². The van der Waals surface area contributed by atoms with Gasteiger partial charge in [0.2, 0.25) is 0 Å². The summed E-state index contributed by atoms with van der Waals surface area (Å²) >= 11 is 0. The van der Waals surface area contributed by atoms with E-state index in [4.69, 9.17) is 28.5 Å². The van der Waals surface area contributed by atoms with Gasteiger partial charge in [0.25, 0.3) is 5.91 Å². The van der Waals surface area contributed by atoms with E-state index >= 15 is 0 Å². The monoisotopic (exact) mass is 719 g/mol. The first-order chi connectivity index (χ1) is 25.9. The van der Waals surface area contributed by atoms with Gasteiger partial charge in [-0.05, 0) is 27.8 Å². The van der Waals surface area contributed by atoms with Gasteiger partial charge in [-0.3, -0.25) is 9.63 Å². The molecule has 0 aliphatic rings. The highest BCUT2D eigenvalue weighted by Crippen LogP contribution is 2.29. The summed E-state index contributed by atoms with van der Waals surface area (Å²) in [5.41, 5.74) is 2.58. The lowest BCUT2D eigenvalue weighted by Gasteiger charge is -2.42. The van der Waals surface area contributed by atoms with Gasteiger partial charge in [-0.2, -0.15) is 0 Å². The van der Waals surface area contributed by atoms with Crippen molar-refractivity contribution in [2.75, 3.05) is 27.4 Å². The van der Waals surface area contributed by atoms with E-state index < -0.39 is 29.8 Å². The van der Waals surface area contributed by atoms with Crippen molar-refractivity contribution in [1.82, 2.24) is 5.06 Å². The molecule has 0 unspecified atom stereocenters. The average molecular weight is 720 g/mol. The van der Waals surface area contributed by atoms with E-state index in [2.05, 4.69) is 0 Å². The number of amides is 1. The Balaban J connectivity index is 1.56. The smallest absolute Gasteiger partial charge is 0.277 e. The largest absolute Gasteiger partial charge is 0.382 e. The Morgan fingerprint density at radius 1 is 0.547 bits per heavy atom. The number of ether oxygens (including phenoxy) is 5. The number of benzene rings is 5. The summed E-state index contributed by atoms with van der Waals surface area (Å²) in [4.78, 5) is 19.6. The van der Waals surface area contributed by atoms with Crippen LogP contribution in [0, 0.1) is 0 Å². The SMILES string of the molecule is CON(C)C(=O)[C@H](OCc1ccccc1)[C@@H](OCc1ccccc1)[C@H](OCc1ccccc1)C(O)(COCc1ccccc1)COCc1ccccc1. The Hall–Kier alpha value is -4.71. The van der Waals surface area contributed by atoms with Crippen LogP contribution in [0.25, 0.3) is 0 Å². The van der Waals surface area contributed by atoms with Gasteiger partial charge < -0.3 is 28.8 Å². The third-order valence-corrected chi connectivity index (χ3v) is 8.71. The highest BCUT2D eigenvalue weighted by Gasteiger charge is 2.50. The first-order valence-electron chi connectivity index (χ1n) is 17.7. The van der Waals surface area contributed by atoms with Crippen LogP contribution in [0.5, 0.6) is 0 Å². The number of likely N-dealkylation sites (N-methyl/N-ethyl adjacent to an activating group) is 1. The molecule has 5 rings (SSSR count). The second-order valence-electron chi connectivity index (χ2n) is 12.8. The molecule has 0 saturated heterocycles. The lowest BCUT2D eigenvalue weighted by atomic mass is 9.90. The zero-order valence-electron chi connectivity index (χ0n) is 30.4. The average Bonchev–Trinajstić information content (AvgIpc) is 3.21. The topological polar surface area (TPSA) is 95.9 Å². The van der Waals surface area contributed by atoms with Crippen LogP contribution < -0.4 is 0 Å². The lowest BCUT2D eigenvalue weighted by Crippen LogP contribution is -2.62. The minimum atomic E-state index is -1.85. The number of aliphatic hydroxyl groups is 1. The predicted molar refractivity (Wildman–Crippen MR) is 202 cm³/mol. The summed E-state index contributed by atoms with van der Waals surface area (Å²) < 4.78 is 32.4. The number of carbonyl (C=O) groups is 1. The third-order valence-electron chi connectivity index (χ3n) is 8.71. The standard InChI is InChI=1S/C44H49NO8/c1-45(48-2)43(46)41(52-31-38-24-14-6-15-25-38)40(51-30-37-22-12-5-13-23-37)42(53-32-39-26-16-7-17-27-39)44(47,33-49-28-35-18-8-3-9-19-35)34-50-29-36-20-10-4-11-21-36/h3-27,40-42,47H,28-34H2,1-2H3/t40-,41-,42+/m1/s1. The van der Waals surface area contributed by atoms with Crippen LogP contribution in [0.15, 0.2) is 152 Å². The Morgan fingerprint density at radius 2 is 0.887 bits per heavy atom. The molecule has 0 spiro atoms. The summed E-state index contributed by atoms with van der Waals surface area (Å²) in [5, 5.41) is 14.0. The van der Waals surface area contributed by atoms with Crippen LogP contribution in [0.2, 0.25) is 0 Å². The molecule has 0 aliphatic carbocycles. The number of hydrogen-bond acceptors (Lipinski definition) is 8. The van der Waals surface area contributed by atoms with E-state index in [1.54, 1.807) is 0 Å². The lowest BCUT2D eigenvalue weighted by molar-refractivity contribution is -0.243. The summed E-state index contributed by atoms with van der Waals surface area (Å²) in [6.45, 7) is 0.304. The molecule has 9 heteroatoms. The van der Waals surface area contributed by atoms with Crippen molar-refractivity contribution in [3.05, 3.63) is 179 Å². The Morgan fingerprint density at radius 3 is 1.26 bits per heavy atom. The van der Waals surface area contributed by atoms with Crippen LogP contribution in [0.3, 0.4) is 0 Å². The quantitative estimate of drug-likeness (QED) is 0.0771. The summed E-state index contributed by atoms with van der Waals surface area (Å²) in [7, 11) is 2.91. The minimum Gasteiger partial charge on any atom is -0.382 e. The zero-order chi connectivity index (χ0) is 37.1. The summed E-state index contributed by atoms with van der Waals surface area (Å²) in [6.07, 6.45) is -3.69. The fraction of sp³-hybridized carbons (Fsp3) is 0.295. The molecule has 0 radical (unpaired) electrons. The molecule has 278 valence electrons. The van der Waals surface area contributed by atoms with Crippen molar-refractivity contribution in [2.24, 2.45) is 0 Å². The van der Waals surface area contributed by atoms with E-state index in [-0.39, 0.29) is 46.2 Å². The van der Waals surface area contributed by atoms with Crippen LogP contribution in [0.1, 0.15) is 27.8 Å². The molecule has 0 bridgehead atoms. The maximum absolute atomic E-state index is 14.2. The number of carbonyl (C=O) groups excluding carboxylic acids is 1. The van der Waals surface area contributed by atoms with Gasteiger partial charge in [0.1, 0.15) is 17.8 Å². The fourth-order valence-electron chi connectivity index (χ4n) is 5.80. The Bertz CT molecular complexity index is 1680. The zero-order valence-corrected chi connectivity index (χ0v) is 30.4. The van der Waals surface area contributed by atoms with Crippen LogP contribution in [-0.4, -0.2) is 67.4 Å². The molecule has 1 N–H and O–H groups in total. The molecule has 0 heterocycles. The molecule has 0 saturated carbocycles. The van der Waals surface area contributed by atoms with E-state index in [0.29, 0.717) is 0 Å². The minimum absolute atomic E-state index is 0.0822. The van der Waals surface area contributed by atoms with Crippen LogP contribution in [0.4, 0.5) is 0 Å². The Labute approximate surface area is 312 Å². The van der Waals surface area contributed by atoms with Crippen molar-refractivity contribution in [2.45, 2.75) is 56.9 Å². The summed E-state index contributed by atoms with van der Waals surface area (Å²) in [5.74, 6) is -0.521. The normalized spacial score (nSPS) is 13.3. The molecule has 53 heavy (non-hydrogen) atoms. The molecule has 5 aromatic rings. The first-order valence-corrected chi connectivity index (χ1v) is 17.7. The molecule has 0 aromatic heterocycles.